The predicted octanol–water partition coefficient (Wildman–Crippen LogP) is -0.172. The highest BCUT2D eigenvalue weighted by Crippen LogP contribution is 1.88. The second-order valence-corrected chi connectivity index (χ2v) is 1.93. The van der Waals surface area contributed by atoms with Crippen molar-refractivity contribution in [1.82, 2.24) is 0 Å². The van der Waals surface area contributed by atoms with E-state index >= 15 is 0 Å². The molecule has 0 aliphatic heterocycles. The van der Waals surface area contributed by atoms with Gasteiger partial charge < -0.3 is 16.2 Å². The Balaban J connectivity index is 3.63. The van der Waals surface area contributed by atoms with Crippen molar-refractivity contribution < 1.29 is 9.90 Å². The molecular weight excluding hydrogens is 120 g/mol. The van der Waals surface area contributed by atoms with Gasteiger partial charge in [-0.1, -0.05) is 0 Å². The Morgan fingerprint density at radius 2 is 2.33 bits per heavy atom. The third kappa shape index (κ3) is 3.66. The number of nitrogens with two attached hydrogens (primary N) is 1. The number of hydrogen-bond donors (Lipinski definition) is 3. The first-order valence-electron chi connectivity index (χ1n) is 2.56. The largest absolute Gasteiger partial charge is 0.480 e. The molecule has 52 valence electrons. The highest BCUT2D eigenvalue weighted by Gasteiger charge is 2.10. The van der Waals surface area contributed by atoms with Crippen LogP contribution >= 0.6 is 0 Å². The Hall–Kier alpha value is -0.900. The molecule has 0 aliphatic carbocycles. The normalized spacial score (nSPS) is 12.7. The molecule has 0 spiro atoms. The van der Waals surface area contributed by atoms with E-state index in [4.69, 9.17) is 16.2 Å². The molecule has 0 saturated carbocycles. The summed E-state index contributed by atoms with van der Waals surface area (Å²) in [6.07, 6.45) is 0.134. The zero-order chi connectivity index (χ0) is 7.44. The molecule has 0 unspecified atom stereocenters. The van der Waals surface area contributed by atoms with Crippen LogP contribution in [0.3, 0.4) is 0 Å². The summed E-state index contributed by atoms with van der Waals surface area (Å²) in [5.41, 5.74) is 5.37. The average molecular weight is 130 g/mol. The van der Waals surface area contributed by atoms with E-state index in [-0.39, 0.29) is 6.42 Å². The molecule has 0 radical (unpaired) electrons. The summed E-state index contributed by atoms with van der Waals surface area (Å²) >= 11 is 0. The molecule has 1 atom stereocenters. The fourth-order valence-corrected chi connectivity index (χ4v) is 0.417. The number of aliphatic carboxylic acids is 1. The van der Waals surface area contributed by atoms with Crippen molar-refractivity contribution in [2.45, 2.75) is 19.4 Å². The third-order valence-corrected chi connectivity index (χ3v) is 0.843. The van der Waals surface area contributed by atoms with Crippen LogP contribution in [0.2, 0.25) is 0 Å². The van der Waals surface area contributed by atoms with Gasteiger partial charge in [0.05, 0.1) is 0 Å². The molecule has 0 bridgehead atoms. The predicted molar refractivity (Wildman–Crippen MR) is 33.6 cm³/mol. The minimum absolute atomic E-state index is 0.134. The summed E-state index contributed by atoms with van der Waals surface area (Å²) in [7, 11) is 0. The first kappa shape index (κ1) is 8.10. The van der Waals surface area contributed by atoms with E-state index in [1.165, 1.54) is 6.92 Å². The SMILES string of the molecule is CC(=N)C[C@H](N)C(=O)O. The fraction of sp³-hybridized carbons (Fsp3) is 0.600. The van der Waals surface area contributed by atoms with Gasteiger partial charge in [-0.3, -0.25) is 4.79 Å². The van der Waals surface area contributed by atoms with Crippen molar-refractivity contribution in [2.75, 3.05) is 0 Å². The molecule has 0 aromatic carbocycles. The second-order valence-electron chi connectivity index (χ2n) is 1.93. The number of carboxylic acids is 1. The van der Waals surface area contributed by atoms with Crippen LogP contribution in [0.5, 0.6) is 0 Å². The molecule has 4 nitrogen and oxygen atoms in total. The van der Waals surface area contributed by atoms with Crippen molar-refractivity contribution >= 4 is 11.7 Å². The lowest BCUT2D eigenvalue weighted by Gasteiger charge is -2.02. The van der Waals surface area contributed by atoms with E-state index < -0.39 is 12.0 Å². The van der Waals surface area contributed by atoms with Crippen molar-refractivity contribution in [3.8, 4) is 0 Å². The van der Waals surface area contributed by atoms with Crippen LogP contribution < -0.4 is 5.73 Å². The molecule has 0 aromatic rings. The van der Waals surface area contributed by atoms with E-state index in [1.54, 1.807) is 0 Å². The van der Waals surface area contributed by atoms with Crippen molar-refractivity contribution in [3.63, 3.8) is 0 Å². The summed E-state index contributed by atoms with van der Waals surface area (Å²) in [6.45, 7) is 1.53. The number of hydrogen-bond acceptors (Lipinski definition) is 3. The van der Waals surface area contributed by atoms with E-state index in [0.29, 0.717) is 5.71 Å². The molecule has 0 rings (SSSR count). The van der Waals surface area contributed by atoms with Crippen LogP contribution in [-0.4, -0.2) is 22.8 Å². The Morgan fingerprint density at radius 3 is 2.44 bits per heavy atom. The summed E-state index contributed by atoms with van der Waals surface area (Å²) in [5.74, 6) is -1.05. The Bertz CT molecular complexity index is 133. The molecule has 4 N–H and O–H groups in total. The maximum Gasteiger partial charge on any atom is 0.320 e. The van der Waals surface area contributed by atoms with E-state index in [2.05, 4.69) is 0 Å². The minimum Gasteiger partial charge on any atom is -0.480 e. The zero-order valence-electron chi connectivity index (χ0n) is 5.22. The van der Waals surface area contributed by atoms with Gasteiger partial charge in [-0.05, 0) is 6.92 Å². The van der Waals surface area contributed by atoms with Gasteiger partial charge in [0.25, 0.3) is 0 Å². The van der Waals surface area contributed by atoms with E-state index in [9.17, 15) is 4.79 Å². The standard InChI is InChI=1S/C5H10N2O2/c1-3(6)2-4(7)5(8)9/h4,6H,2,7H2,1H3,(H,8,9)/t4-/m0/s1. The molecule has 0 aromatic heterocycles. The minimum atomic E-state index is -1.05. The van der Waals surface area contributed by atoms with Crippen LogP contribution in [0.1, 0.15) is 13.3 Å². The fourth-order valence-electron chi connectivity index (χ4n) is 0.417. The number of carbonyl (C=O) groups is 1. The zero-order valence-corrected chi connectivity index (χ0v) is 5.22. The quantitative estimate of drug-likeness (QED) is 0.463. The second kappa shape index (κ2) is 3.19. The smallest absolute Gasteiger partial charge is 0.320 e. The Labute approximate surface area is 53.2 Å². The van der Waals surface area contributed by atoms with Crippen LogP contribution in [0, 0.1) is 5.41 Å². The van der Waals surface area contributed by atoms with Gasteiger partial charge in [-0.2, -0.15) is 0 Å². The molecule has 0 fully saturated rings. The topological polar surface area (TPSA) is 87.2 Å². The Kier molecular flexibility index (Phi) is 2.87. The number of nitrogens with one attached hydrogen (secondary N) is 1. The van der Waals surface area contributed by atoms with Crippen LogP contribution in [-0.2, 0) is 4.79 Å². The Morgan fingerprint density at radius 1 is 1.89 bits per heavy atom. The van der Waals surface area contributed by atoms with Gasteiger partial charge in [0.1, 0.15) is 6.04 Å². The maximum atomic E-state index is 10.0. The van der Waals surface area contributed by atoms with E-state index in [0.717, 1.165) is 0 Å². The molecule has 9 heavy (non-hydrogen) atoms. The lowest BCUT2D eigenvalue weighted by Crippen LogP contribution is -2.31. The molecule has 0 aliphatic rings. The maximum absolute atomic E-state index is 10.0. The highest BCUT2D eigenvalue weighted by molar-refractivity contribution is 5.85. The average Bonchev–Trinajstić information content (AvgIpc) is 1.63. The summed E-state index contributed by atoms with van der Waals surface area (Å²) in [5, 5.41) is 15.1. The number of rotatable bonds is 3. The van der Waals surface area contributed by atoms with Gasteiger partial charge >= 0.3 is 5.97 Å². The van der Waals surface area contributed by atoms with Crippen LogP contribution in [0.15, 0.2) is 0 Å². The number of carboxylic acid groups (broad SMARTS) is 1. The van der Waals surface area contributed by atoms with Crippen molar-refractivity contribution in [3.05, 3.63) is 0 Å². The first-order valence-corrected chi connectivity index (χ1v) is 2.56. The third-order valence-electron chi connectivity index (χ3n) is 0.843. The van der Waals surface area contributed by atoms with Crippen LogP contribution in [0.4, 0.5) is 0 Å². The molecular formula is C5H10N2O2. The molecule has 0 saturated heterocycles. The lowest BCUT2D eigenvalue weighted by atomic mass is 10.2. The molecule has 0 heterocycles. The highest BCUT2D eigenvalue weighted by atomic mass is 16.4. The summed E-state index contributed by atoms with van der Waals surface area (Å²) in [6, 6.07) is -0.914. The van der Waals surface area contributed by atoms with Crippen molar-refractivity contribution in [1.29, 1.82) is 5.41 Å². The summed E-state index contributed by atoms with van der Waals surface area (Å²) < 4.78 is 0. The van der Waals surface area contributed by atoms with Gasteiger partial charge in [-0.15, -0.1) is 0 Å². The lowest BCUT2D eigenvalue weighted by molar-refractivity contribution is -0.138. The molecule has 4 heteroatoms. The molecule has 0 amide bonds. The van der Waals surface area contributed by atoms with Gasteiger partial charge in [0, 0.05) is 12.1 Å². The first-order chi connectivity index (χ1) is 4.04. The van der Waals surface area contributed by atoms with E-state index in [1.807, 2.05) is 0 Å². The van der Waals surface area contributed by atoms with Gasteiger partial charge in [-0.25, -0.2) is 0 Å². The van der Waals surface area contributed by atoms with Gasteiger partial charge in [0.2, 0.25) is 0 Å². The summed E-state index contributed by atoms with van der Waals surface area (Å²) in [4.78, 5) is 10.0. The van der Waals surface area contributed by atoms with Crippen molar-refractivity contribution in [2.24, 2.45) is 5.73 Å². The monoisotopic (exact) mass is 130 g/mol. The van der Waals surface area contributed by atoms with Crippen LogP contribution in [0.25, 0.3) is 0 Å². The van der Waals surface area contributed by atoms with Gasteiger partial charge in [0.15, 0.2) is 0 Å².